The van der Waals surface area contributed by atoms with Gasteiger partial charge in [-0.15, -0.1) is 0 Å². The summed E-state index contributed by atoms with van der Waals surface area (Å²) < 4.78 is 0. The van der Waals surface area contributed by atoms with Gasteiger partial charge in [-0.25, -0.2) is 4.79 Å². The van der Waals surface area contributed by atoms with Crippen LogP contribution < -0.4 is 0 Å². The Morgan fingerprint density at radius 1 is 1.19 bits per heavy atom. The standard InChI is InChI=1S/C18H24N2O/c1-18-12-15(11-14-7-3-4-8-16(14)18)20(13-18)17(21)19-9-5-2-6-10-19/h3-4,7-8,15H,2,5-6,9-13H2,1H3. The van der Waals surface area contributed by atoms with E-state index in [1.807, 2.05) is 0 Å². The van der Waals surface area contributed by atoms with E-state index in [4.69, 9.17) is 0 Å². The first-order valence-electron chi connectivity index (χ1n) is 8.31. The number of hydrogen-bond acceptors (Lipinski definition) is 1. The molecule has 2 amide bonds. The maximum absolute atomic E-state index is 12.9. The summed E-state index contributed by atoms with van der Waals surface area (Å²) in [6.07, 6.45) is 5.77. The van der Waals surface area contributed by atoms with Gasteiger partial charge in [0.1, 0.15) is 0 Å². The van der Waals surface area contributed by atoms with Gasteiger partial charge < -0.3 is 9.80 Å². The average molecular weight is 284 g/mol. The Balaban J connectivity index is 1.60. The molecule has 112 valence electrons. The third kappa shape index (κ3) is 2.05. The Hall–Kier alpha value is -1.51. The van der Waals surface area contributed by atoms with Gasteiger partial charge >= 0.3 is 6.03 Å². The molecular weight excluding hydrogens is 260 g/mol. The topological polar surface area (TPSA) is 23.6 Å². The summed E-state index contributed by atoms with van der Waals surface area (Å²) in [4.78, 5) is 17.1. The summed E-state index contributed by atoms with van der Waals surface area (Å²) in [6.45, 7) is 5.13. The lowest BCUT2D eigenvalue weighted by Gasteiger charge is -2.33. The van der Waals surface area contributed by atoms with Crippen LogP contribution >= 0.6 is 0 Å². The number of hydrogen-bond donors (Lipinski definition) is 0. The molecule has 2 atom stereocenters. The van der Waals surface area contributed by atoms with Crippen LogP contribution in [0.3, 0.4) is 0 Å². The van der Waals surface area contributed by atoms with E-state index in [0.717, 1.165) is 32.5 Å². The van der Waals surface area contributed by atoms with Gasteiger partial charge in [-0.1, -0.05) is 31.2 Å². The lowest BCUT2D eigenvalue weighted by atomic mass is 9.73. The van der Waals surface area contributed by atoms with Crippen LogP contribution in [0, 0.1) is 0 Å². The Kier molecular flexibility index (Phi) is 2.98. The van der Waals surface area contributed by atoms with Crippen LogP contribution in [0.2, 0.25) is 0 Å². The predicted octanol–water partition coefficient (Wildman–Crippen LogP) is 3.18. The van der Waals surface area contributed by atoms with Gasteiger partial charge in [-0.2, -0.15) is 0 Å². The van der Waals surface area contributed by atoms with Crippen LogP contribution in [-0.4, -0.2) is 41.5 Å². The molecule has 2 saturated heterocycles. The Morgan fingerprint density at radius 2 is 1.95 bits per heavy atom. The summed E-state index contributed by atoms with van der Waals surface area (Å²) in [5.74, 6) is 0. The minimum absolute atomic E-state index is 0.158. The zero-order valence-electron chi connectivity index (χ0n) is 12.8. The van der Waals surface area contributed by atoms with Crippen LogP contribution in [0.4, 0.5) is 4.79 Å². The van der Waals surface area contributed by atoms with Crippen molar-refractivity contribution in [3.63, 3.8) is 0 Å². The molecule has 0 saturated carbocycles. The quantitative estimate of drug-likeness (QED) is 0.718. The molecule has 2 aliphatic heterocycles. The molecule has 3 heteroatoms. The van der Waals surface area contributed by atoms with Crippen LogP contribution in [-0.2, 0) is 11.8 Å². The number of amides is 2. The number of benzene rings is 1. The van der Waals surface area contributed by atoms with Crippen molar-refractivity contribution in [3.05, 3.63) is 35.4 Å². The van der Waals surface area contributed by atoms with E-state index in [1.54, 1.807) is 0 Å². The van der Waals surface area contributed by atoms with E-state index >= 15 is 0 Å². The van der Waals surface area contributed by atoms with Crippen LogP contribution in [0.1, 0.15) is 43.7 Å². The first-order chi connectivity index (χ1) is 10.2. The van der Waals surface area contributed by atoms with Crippen molar-refractivity contribution >= 4 is 6.03 Å². The monoisotopic (exact) mass is 284 g/mol. The van der Waals surface area contributed by atoms with Gasteiger partial charge in [0.05, 0.1) is 0 Å². The first-order valence-corrected chi connectivity index (χ1v) is 8.31. The number of likely N-dealkylation sites (tertiary alicyclic amines) is 2. The second-order valence-corrected chi connectivity index (χ2v) is 7.24. The summed E-state index contributed by atoms with van der Waals surface area (Å²) >= 11 is 0. The molecule has 0 N–H and O–H groups in total. The van der Waals surface area contributed by atoms with Crippen molar-refractivity contribution in [2.24, 2.45) is 0 Å². The lowest BCUT2D eigenvalue weighted by Crippen LogP contribution is -2.47. The van der Waals surface area contributed by atoms with Gasteiger partial charge in [-0.3, -0.25) is 0 Å². The van der Waals surface area contributed by atoms with E-state index in [2.05, 4.69) is 41.0 Å². The minimum atomic E-state index is 0.158. The molecule has 2 unspecified atom stereocenters. The smallest absolute Gasteiger partial charge is 0.320 e. The number of carbonyl (C=O) groups is 1. The Morgan fingerprint density at radius 3 is 2.76 bits per heavy atom. The third-order valence-electron chi connectivity index (χ3n) is 5.64. The number of urea groups is 1. The van der Waals surface area contributed by atoms with Gasteiger partial charge in [0.2, 0.25) is 0 Å². The Labute approximate surface area is 126 Å². The molecule has 1 aliphatic carbocycles. The highest BCUT2D eigenvalue weighted by Gasteiger charge is 2.48. The second kappa shape index (κ2) is 4.75. The minimum Gasteiger partial charge on any atom is -0.325 e. The number of carbonyl (C=O) groups excluding carboxylic acids is 1. The summed E-state index contributed by atoms with van der Waals surface area (Å²) in [7, 11) is 0. The number of piperidine rings is 1. The molecule has 1 aromatic rings. The summed E-state index contributed by atoms with van der Waals surface area (Å²) in [5, 5.41) is 0. The van der Waals surface area contributed by atoms with Gasteiger partial charge in [0.25, 0.3) is 0 Å². The number of fused-ring (bicyclic) bond motifs is 4. The summed E-state index contributed by atoms with van der Waals surface area (Å²) in [5.41, 5.74) is 3.07. The largest absolute Gasteiger partial charge is 0.325 e. The fraction of sp³-hybridized carbons (Fsp3) is 0.611. The molecule has 2 fully saturated rings. The lowest BCUT2D eigenvalue weighted by molar-refractivity contribution is 0.138. The van der Waals surface area contributed by atoms with Crippen molar-refractivity contribution in [1.29, 1.82) is 0 Å². The molecular formula is C18H24N2O. The summed E-state index contributed by atoms with van der Waals surface area (Å²) in [6, 6.07) is 9.47. The third-order valence-corrected chi connectivity index (χ3v) is 5.64. The molecule has 3 aliphatic rings. The molecule has 21 heavy (non-hydrogen) atoms. The van der Waals surface area contributed by atoms with Crippen molar-refractivity contribution in [1.82, 2.24) is 9.80 Å². The highest BCUT2D eigenvalue weighted by atomic mass is 16.2. The molecule has 2 heterocycles. The van der Waals surface area contributed by atoms with E-state index < -0.39 is 0 Å². The van der Waals surface area contributed by atoms with Crippen molar-refractivity contribution < 1.29 is 4.79 Å². The Bertz CT molecular complexity index is 564. The fourth-order valence-corrected chi connectivity index (χ4v) is 4.61. The van der Waals surface area contributed by atoms with E-state index in [1.165, 1.54) is 30.4 Å². The average Bonchev–Trinajstić information content (AvgIpc) is 2.80. The van der Waals surface area contributed by atoms with E-state index in [9.17, 15) is 4.79 Å². The molecule has 0 spiro atoms. The van der Waals surface area contributed by atoms with E-state index in [0.29, 0.717) is 6.04 Å². The molecule has 0 aromatic heterocycles. The van der Waals surface area contributed by atoms with Gasteiger partial charge in [0, 0.05) is 31.1 Å². The van der Waals surface area contributed by atoms with Crippen LogP contribution in [0.5, 0.6) is 0 Å². The maximum Gasteiger partial charge on any atom is 0.320 e. The second-order valence-electron chi connectivity index (χ2n) is 7.24. The van der Waals surface area contributed by atoms with Crippen LogP contribution in [0.15, 0.2) is 24.3 Å². The first kappa shape index (κ1) is 13.2. The zero-order chi connectivity index (χ0) is 14.4. The van der Waals surface area contributed by atoms with E-state index in [-0.39, 0.29) is 11.4 Å². The predicted molar refractivity (Wildman–Crippen MR) is 83.4 cm³/mol. The molecule has 0 radical (unpaired) electrons. The molecule has 2 bridgehead atoms. The highest BCUT2D eigenvalue weighted by Crippen LogP contribution is 2.45. The fourth-order valence-electron chi connectivity index (χ4n) is 4.61. The van der Waals surface area contributed by atoms with Gasteiger partial charge in [0.15, 0.2) is 0 Å². The van der Waals surface area contributed by atoms with Crippen molar-refractivity contribution in [3.8, 4) is 0 Å². The molecule has 4 rings (SSSR count). The SMILES string of the molecule is CC12CC(Cc3ccccc31)N(C(=O)N1CCCCC1)C2. The van der Waals surface area contributed by atoms with Crippen molar-refractivity contribution in [2.45, 2.75) is 50.5 Å². The van der Waals surface area contributed by atoms with Crippen molar-refractivity contribution in [2.75, 3.05) is 19.6 Å². The normalized spacial score (nSPS) is 31.2. The highest BCUT2D eigenvalue weighted by molar-refractivity contribution is 5.76. The molecule has 3 nitrogen and oxygen atoms in total. The maximum atomic E-state index is 12.9. The zero-order valence-corrected chi connectivity index (χ0v) is 12.8. The number of rotatable bonds is 0. The van der Waals surface area contributed by atoms with Gasteiger partial charge in [-0.05, 0) is 43.2 Å². The van der Waals surface area contributed by atoms with Crippen LogP contribution in [0.25, 0.3) is 0 Å². The molecule has 1 aromatic carbocycles. The number of nitrogens with zero attached hydrogens (tertiary/aromatic N) is 2.